The minimum atomic E-state index is -0.286. The number of rotatable bonds is 8. The molecule has 0 saturated heterocycles. The Morgan fingerprint density at radius 2 is 1.12 bits per heavy atom. The molecule has 34 heavy (non-hydrogen) atoms. The smallest absolute Gasteiger partial charge is 0.269 e. The minimum Gasteiger partial charge on any atom is -0.496 e. The number of amides is 2. The van der Waals surface area contributed by atoms with Gasteiger partial charge in [0.15, 0.2) is 0 Å². The summed E-state index contributed by atoms with van der Waals surface area (Å²) < 4.78 is 5.53. The molecule has 2 amide bonds. The first-order chi connectivity index (χ1) is 16.6. The largest absolute Gasteiger partial charge is 0.496 e. The average molecular weight is 453 g/mol. The van der Waals surface area contributed by atoms with Crippen LogP contribution < -0.4 is 26.4 Å². The normalized spacial score (nSPS) is 10.1. The van der Waals surface area contributed by atoms with Gasteiger partial charge in [-0.25, -0.2) is 0 Å². The van der Waals surface area contributed by atoms with Crippen molar-refractivity contribution >= 4 is 23.2 Å². The maximum Gasteiger partial charge on any atom is 0.269 e. The molecule has 7 nitrogen and oxygen atoms in total. The maximum absolute atomic E-state index is 12.5. The maximum atomic E-state index is 12.5. The fourth-order valence-corrected chi connectivity index (χ4v) is 3.32. The van der Waals surface area contributed by atoms with Gasteiger partial charge in [-0.05, 0) is 60.2 Å². The summed E-state index contributed by atoms with van der Waals surface area (Å²) >= 11 is 0. The fraction of sp³-hybridized carbons (Fsp3) is 0.0370. The molecule has 0 radical (unpaired) electrons. The van der Waals surface area contributed by atoms with E-state index in [0.29, 0.717) is 16.9 Å². The van der Waals surface area contributed by atoms with Crippen LogP contribution in [0.3, 0.4) is 0 Å². The van der Waals surface area contributed by atoms with E-state index in [-0.39, 0.29) is 11.8 Å². The van der Waals surface area contributed by atoms with E-state index >= 15 is 0 Å². The van der Waals surface area contributed by atoms with Crippen molar-refractivity contribution in [3.8, 4) is 16.9 Å². The van der Waals surface area contributed by atoms with E-state index in [2.05, 4.69) is 21.7 Å². The Bertz CT molecular complexity index is 1260. The summed E-state index contributed by atoms with van der Waals surface area (Å²) in [4.78, 5) is 25.0. The lowest BCUT2D eigenvalue weighted by atomic mass is 10.0. The van der Waals surface area contributed by atoms with Crippen molar-refractivity contribution in [3.63, 3.8) is 0 Å². The lowest BCUT2D eigenvalue weighted by Crippen LogP contribution is -2.29. The lowest BCUT2D eigenvalue weighted by Gasteiger charge is -2.13. The quantitative estimate of drug-likeness (QED) is 0.286. The number of methoxy groups -OCH3 is 1. The van der Waals surface area contributed by atoms with Gasteiger partial charge in [0.1, 0.15) is 5.75 Å². The van der Waals surface area contributed by atoms with Gasteiger partial charge in [0.2, 0.25) is 0 Å². The van der Waals surface area contributed by atoms with Crippen LogP contribution in [0.2, 0.25) is 0 Å². The van der Waals surface area contributed by atoms with Crippen molar-refractivity contribution < 1.29 is 14.3 Å². The van der Waals surface area contributed by atoms with Gasteiger partial charge in [0.05, 0.1) is 18.5 Å². The van der Waals surface area contributed by atoms with E-state index in [9.17, 15) is 9.59 Å². The third kappa shape index (κ3) is 5.52. The summed E-state index contributed by atoms with van der Waals surface area (Å²) in [6, 6.07) is 31.1. The number of carbonyl (C=O) groups is 2. The van der Waals surface area contributed by atoms with Gasteiger partial charge in [-0.15, -0.1) is 0 Å². The van der Waals surface area contributed by atoms with Gasteiger partial charge in [0.25, 0.3) is 11.8 Å². The molecule has 0 saturated carbocycles. The molecule has 170 valence electrons. The van der Waals surface area contributed by atoms with Crippen molar-refractivity contribution in [1.82, 2.24) is 10.9 Å². The summed E-state index contributed by atoms with van der Waals surface area (Å²) in [5.41, 5.74) is 15.3. The molecule has 0 fully saturated rings. The van der Waals surface area contributed by atoms with Gasteiger partial charge < -0.3 is 4.74 Å². The second kappa shape index (κ2) is 10.7. The summed E-state index contributed by atoms with van der Waals surface area (Å²) in [7, 11) is 1.56. The van der Waals surface area contributed by atoms with Crippen molar-refractivity contribution in [1.29, 1.82) is 0 Å². The Morgan fingerprint density at radius 3 is 1.65 bits per heavy atom. The molecule has 0 aliphatic carbocycles. The minimum absolute atomic E-state index is 0.250. The second-order valence-electron chi connectivity index (χ2n) is 7.38. The molecule has 0 aromatic heterocycles. The third-order valence-corrected chi connectivity index (χ3v) is 5.11. The summed E-state index contributed by atoms with van der Waals surface area (Å²) in [6.45, 7) is 0. The van der Waals surface area contributed by atoms with E-state index in [4.69, 9.17) is 4.74 Å². The molecular formula is C27H24N4O3. The molecular weight excluding hydrogens is 428 g/mol. The number of carbonyl (C=O) groups excluding carboxylic acids is 2. The highest BCUT2D eigenvalue weighted by atomic mass is 16.5. The molecule has 4 rings (SSSR count). The second-order valence-corrected chi connectivity index (χ2v) is 7.38. The predicted octanol–water partition coefficient (Wildman–Crippen LogP) is 4.88. The average Bonchev–Trinajstić information content (AvgIpc) is 2.91. The van der Waals surface area contributed by atoms with Crippen LogP contribution in [0, 0.1) is 0 Å². The standard InChI is InChI=1S/C27H24N4O3/c1-34-25-18-21(27(33)31-29-23-10-6-3-7-11-23)16-17-24(25)19-12-14-20(15-13-19)26(32)30-28-22-8-4-2-5-9-22/h2-18,28-29H,1H3,(H,30,32)(H,31,33). The van der Waals surface area contributed by atoms with Gasteiger partial charge in [-0.2, -0.15) is 0 Å². The highest BCUT2D eigenvalue weighted by Crippen LogP contribution is 2.31. The topological polar surface area (TPSA) is 91.5 Å². The van der Waals surface area contributed by atoms with Crippen molar-refractivity contribution in [3.05, 3.63) is 114 Å². The molecule has 0 unspecified atom stereocenters. The number of nitrogens with one attached hydrogen (secondary N) is 4. The van der Waals surface area contributed by atoms with E-state index in [1.165, 1.54) is 0 Å². The molecule has 0 aliphatic rings. The number of anilines is 2. The molecule has 4 aromatic rings. The zero-order valence-corrected chi connectivity index (χ0v) is 18.5. The monoisotopic (exact) mass is 452 g/mol. The summed E-state index contributed by atoms with van der Waals surface area (Å²) in [5, 5.41) is 0. The Kier molecular flexibility index (Phi) is 7.05. The van der Waals surface area contributed by atoms with Gasteiger partial charge >= 0.3 is 0 Å². The summed E-state index contributed by atoms with van der Waals surface area (Å²) in [5.74, 6) is 0.0160. The number of para-hydroxylation sites is 2. The van der Waals surface area contributed by atoms with Crippen LogP contribution in [0.5, 0.6) is 5.75 Å². The SMILES string of the molecule is COc1cc(C(=O)NNc2ccccc2)ccc1-c1ccc(C(=O)NNc2ccccc2)cc1. The third-order valence-electron chi connectivity index (χ3n) is 5.11. The molecule has 4 aromatic carbocycles. The summed E-state index contributed by atoms with van der Waals surface area (Å²) in [6.07, 6.45) is 0. The van der Waals surface area contributed by atoms with E-state index in [1.54, 1.807) is 31.4 Å². The molecule has 0 aliphatic heterocycles. The number of hydrazine groups is 2. The first kappa shape index (κ1) is 22.4. The number of benzene rings is 4. The molecule has 0 heterocycles. The zero-order chi connectivity index (χ0) is 23.8. The number of ether oxygens (including phenoxy) is 1. The van der Waals surface area contributed by atoms with Gasteiger partial charge in [-0.3, -0.25) is 31.3 Å². The van der Waals surface area contributed by atoms with Crippen LogP contribution in [-0.4, -0.2) is 18.9 Å². The first-order valence-corrected chi connectivity index (χ1v) is 10.7. The number of hydrogen-bond donors (Lipinski definition) is 4. The van der Waals surface area contributed by atoms with E-state index in [0.717, 1.165) is 22.5 Å². The Labute approximate surface area is 197 Å². The molecule has 0 bridgehead atoms. The highest BCUT2D eigenvalue weighted by Gasteiger charge is 2.13. The first-order valence-electron chi connectivity index (χ1n) is 10.7. The fourth-order valence-electron chi connectivity index (χ4n) is 3.32. The molecule has 0 atom stereocenters. The zero-order valence-electron chi connectivity index (χ0n) is 18.5. The predicted molar refractivity (Wildman–Crippen MR) is 133 cm³/mol. The lowest BCUT2D eigenvalue weighted by molar-refractivity contribution is 0.0954. The van der Waals surface area contributed by atoms with Crippen molar-refractivity contribution in [2.75, 3.05) is 18.0 Å². The van der Waals surface area contributed by atoms with Crippen molar-refractivity contribution in [2.45, 2.75) is 0 Å². The van der Waals surface area contributed by atoms with Gasteiger partial charge in [-0.1, -0.05) is 48.5 Å². The van der Waals surface area contributed by atoms with Crippen LogP contribution in [0.15, 0.2) is 103 Å². The van der Waals surface area contributed by atoms with Gasteiger partial charge in [0, 0.05) is 16.7 Å². The van der Waals surface area contributed by atoms with Crippen LogP contribution in [-0.2, 0) is 0 Å². The highest BCUT2D eigenvalue weighted by molar-refractivity contribution is 5.97. The molecule has 4 N–H and O–H groups in total. The van der Waals surface area contributed by atoms with Crippen molar-refractivity contribution in [2.24, 2.45) is 0 Å². The van der Waals surface area contributed by atoms with Crippen LogP contribution in [0.4, 0.5) is 11.4 Å². The molecule has 0 spiro atoms. The Hall–Kier alpha value is -4.78. The van der Waals surface area contributed by atoms with E-state index < -0.39 is 0 Å². The van der Waals surface area contributed by atoms with Crippen LogP contribution >= 0.6 is 0 Å². The number of hydrogen-bond acceptors (Lipinski definition) is 5. The Balaban J connectivity index is 1.43. The van der Waals surface area contributed by atoms with Crippen LogP contribution in [0.25, 0.3) is 11.1 Å². The van der Waals surface area contributed by atoms with Crippen LogP contribution in [0.1, 0.15) is 20.7 Å². The van der Waals surface area contributed by atoms with E-state index in [1.807, 2.05) is 78.9 Å². The molecule has 7 heteroatoms. The Morgan fingerprint density at radius 1 is 0.618 bits per heavy atom.